The number of allylic oxidation sites excluding steroid dienone is 3. The Balaban J connectivity index is 2.43. The van der Waals surface area contributed by atoms with Crippen molar-refractivity contribution in [2.75, 3.05) is 0 Å². The second kappa shape index (κ2) is 5.37. The van der Waals surface area contributed by atoms with Gasteiger partial charge in [0.05, 0.1) is 5.29 Å². The Morgan fingerprint density at radius 2 is 1.30 bits per heavy atom. The summed E-state index contributed by atoms with van der Waals surface area (Å²) in [5.74, 6) is 2.22. The summed E-state index contributed by atoms with van der Waals surface area (Å²) in [6, 6.07) is 23.1. The average Bonchev–Trinajstić information content (AvgIpc) is 2.56. The van der Waals surface area contributed by atoms with E-state index in [2.05, 4.69) is 42.2 Å². The predicted molar refractivity (Wildman–Crippen MR) is 88.0 cm³/mol. The lowest BCUT2D eigenvalue weighted by molar-refractivity contribution is 1.55. The predicted octanol–water partition coefficient (Wildman–Crippen LogP) is 3.43. The molecule has 0 bridgehead atoms. The molecule has 1 nitrogen and oxygen atoms in total. The summed E-state index contributed by atoms with van der Waals surface area (Å²) in [5.41, 5.74) is 0. The summed E-state index contributed by atoms with van der Waals surface area (Å²) >= 11 is 0. The Morgan fingerprint density at radius 1 is 0.750 bits per heavy atom. The molecule has 20 heavy (non-hydrogen) atoms. The first-order valence-electron chi connectivity index (χ1n) is 6.51. The van der Waals surface area contributed by atoms with Gasteiger partial charge in [0.1, 0.15) is 6.07 Å². The fraction of sp³-hybridized carbons (Fsp3) is 0. The van der Waals surface area contributed by atoms with Crippen molar-refractivity contribution in [3.63, 3.8) is 0 Å². The van der Waals surface area contributed by atoms with Gasteiger partial charge in [0.15, 0.2) is 0 Å². The molecule has 0 radical (unpaired) electrons. The molecule has 2 aromatic rings. The lowest BCUT2D eigenvalue weighted by Crippen LogP contribution is -2.20. The monoisotopic (exact) mass is 275 g/mol. The summed E-state index contributed by atoms with van der Waals surface area (Å²) < 4.78 is 0. The van der Waals surface area contributed by atoms with Crippen LogP contribution in [0.2, 0.25) is 0 Å². The minimum absolute atomic E-state index is 0.859. The second-order valence-electron chi connectivity index (χ2n) is 4.59. The molecule has 0 aromatic heterocycles. The first-order chi connectivity index (χ1) is 9.88. The number of rotatable bonds is 2. The summed E-state index contributed by atoms with van der Waals surface area (Å²) in [4.78, 5) is 0. The van der Waals surface area contributed by atoms with Gasteiger partial charge in [-0.2, -0.15) is 5.26 Å². The standard InChI is InChI=1S/C18H14NP/c19-15-18-13-7-8-14-20(18,16-9-3-1-4-10-16)17-11-5-2-6-12-17/h1-14H. The van der Waals surface area contributed by atoms with E-state index < -0.39 is 6.89 Å². The Labute approximate surface area is 119 Å². The molecule has 0 unspecified atom stereocenters. The molecular formula is C18H14NP. The highest BCUT2D eigenvalue weighted by atomic mass is 31.2. The van der Waals surface area contributed by atoms with Crippen molar-refractivity contribution in [1.29, 1.82) is 5.26 Å². The molecule has 2 aromatic carbocycles. The number of nitriles is 1. The SMILES string of the molecule is N#CC1=P(c2ccccc2)(c2ccccc2)C=CC=C1. The van der Waals surface area contributed by atoms with Crippen molar-refractivity contribution in [2.24, 2.45) is 0 Å². The van der Waals surface area contributed by atoms with Gasteiger partial charge < -0.3 is 0 Å². The average molecular weight is 275 g/mol. The van der Waals surface area contributed by atoms with E-state index in [1.165, 1.54) is 10.6 Å². The van der Waals surface area contributed by atoms with Crippen LogP contribution in [0.4, 0.5) is 0 Å². The van der Waals surface area contributed by atoms with Gasteiger partial charge in [-0.25, -0.2) is 0 Å². The van der Waals surface area contributed by atoms with Crippen LogP contribution in [0, 0.1) is 11.3 Å². The van der Waals surface area contributed by atoms with Crippen molar-refractivity contribution in [2.45, 2.75) is 0 Å². The second-order valence-corrected chi connectivity index (χ2v) is 7.85. The van der Waals surface area contributed by atoms with Gasteiger partial charge in [-0.1, -0.05) is 78.6 Å². The van der Waals surface area contributed by atoms with Gasteiger partial charge in [0.25, 0.3) is 0 Å². The normalized spacial score (nSPS) is 15.8. The minimum Gasteiger partial charge on any atom is -0.192 e. The van der Waals surface area contributed by atoms with E-state index >= 15 is 0 Å². The molecule has 0 amide bonds. The maximum Gasteiger partial charge on any atom is 0.100 e. The third-order valence-electron chi connectivity index (χ3n) is 3.50. The number of nitrogens with zero attached hydrogens (tertiary/aromatic N) is 1. The molecule has 0 saturated heterocycles. The third kappa shape index (κ3) is 1.95. The molecule has 1 aliphatic rings. The Bertz CT molecular complexity index is 719. The topological polar surface area (TPSA) is 23.8 Å². The highest BCUT2D eigenvalue weighted by Crippen LogP contribution is 2.49. The smallest absolute Gasteiger partial charge is 0.100 e. The zero-order chi connectivity index (χ0) is 13.8. The van der Waals surface area contributed by atoms with E-state index in [9.17, 15) is 5.26 Å². The van der Waals surface area contributed by atoms with Crippen LogP contribution < -0.4 is 10.6 Å². The summed E-state index contributed by atoms with van der Waals surface area (Å²) in [6.07, 6.45) is 5.96. The van der Waals surface area contributed by atoms with Crippen LogP contribution in [-0.2, 0) is 0 Å². The van der Waals surface area contributed by atoms with Gasteiger partial charge in [-0.05, 0) is 23.6 Å². The van der Waals surface area contributed by atoms with Gasteiger partial charge >= 0.3 is 0 Å². The lowest BCUT2D eigenvalue weighted by Gasteiger charge is -2.26. The van der Waals surface area contributed by atoms with E-state index in [1.807, 2.05) is 48.6 Å². The zero-order valence-electron chi connectivity index (χ0n) is 11.0. The maximum atomic E-state index is 9.60. The van der Waals surface area contributed by atoms with Crippen LogP contribution in [0.3, 0.4) is 0 Å². The molecule has 1 aliphatic heterocycles. The molecule has 2 heteroatoms. The molecule has 0 N–H and O–H groups in total. The first-order valence-corrected chi connectivity index (χ1v) is 8.37. The van der Waals surface area contributed by atoms with Gasteiger partial charge in [-0.15, -0.1) is 0 Å². The summed E-state index contributed by atoms with van der Waals surface area (Å²) in [7, 11) is 0. The van der Waals surface area contributed by atoms with Crippen molar-refractivity contribution < 1.29 is 0 Å². The van der Waals surface area contributed by atoms with Crippen LogP contribution in [0.25, 0.3) is 0 Å². The lowest BCUT2D eigenvalue weighted by atomic mass is 10.4. The van der Waals surface area contributed by atoms with Crippen molar-refractivity contribution in [3.8, 4) is 6.07 Å². The van der Waals surface area contributed by atoms with Gasteiger partial charge in [0.2, 0.25) is 0 Å². The van der Waals surface area contributed by atoms with Gasteiger partial charge in [0, 0.05) is 0 Å². The molecule has 3 rings (SSSR count). The molecule has 0 fully saturated rings. The zero-order valence-corrected chi connectivity index (χ0v) is 11.9. The van der Waals surface area contributed by atoms with Crippen molar-refractivity contribution >= 4 is 22.8 Å². The fourth-order valence-electron chi connectivity index (χ4n) is 2.57. The number of benzene rings is 2. The number of hydrogen-bond donors (Lipinski definition) is 0. The van der Waals surface area contributed by atoms with E-state index in [1.54, 1.807) is 0 Å². The first kappa shape index (κ1) is 12.7. The molecule has 1 heterocycles. The van der Waals surface area contributed by atoms with E-state index in [0.29, 0.717) is 0 Å². The van der Waals surface area contributed by atoms with Crippen LogP contribution in [0.15, 0.2) is 84.7 Å². The van der Waals surface area contributed by atoms with Crippen molar-refractivity contribution in [3.05, 3.63) is 84.7 Å². The quantitative estimate of drug-likeness (QED) is 0.770. The van der Waals surface area contributed by atoms with Crippen LogP contribution in [0.1, 0.15) is 0 Å². The summed E-state index contributed by atoms with van der Waals surface area (Å²) in [6.45, 7) is -1.92. The van der Waals surface area contributed by atoms with Crippen LogP contribution in [-0.4, -0.2) is 5.29 Å². The Hall–Kier alpha value is -2.29. The molecular weight excluding hydrogens is 261 g/mol. The highest BCUT2D eigenvalue weighted by Gasteiger charge is 2.25. The van der Waals surface area contributed by atoms with E-state index in [0.717, 1.165) is 5.29 Å². The molecule has 0 saturated carbocycles. The molecule has 0 atom stereocenters. The Morgan fingerprint density at radius 3 is 1.80 bits per heavy atom. The minimum atomic E-state index is -1.92. The van der Waals surface area contributed by atoms with Gasteiger partial charge in [-0.3, -0.25) is 0 Å². The fourth-order valence-corrected chi connectivity index (χ4v) is 6.05. The summed E-state index contributed by atoms with van der Waals surface area (Å²) in [5, 5.41) is 12.9. The molecule has 0 spiro atoms. The number of hydrogen-bond acceptors (Lipinski definition) is 1. The third-order valence-corrected chi connectivity index (χ3v) is 7.35. The van der Waals surface area contributed by atoms with Crippen LogP contribution >= 0.6 is 6.89 Å². The molecule has 0 aliphatic carbocycles. The largest absolute Gasteiger partial charge is 0.192 e. The Kier molecular flexibility index (Phi) is 3.42. The van der Waals surface area contributed by atoms with E-state index in [4.69, 9.17) is 0 Å². The van der Waals surface area contributed by atoms with Crippen molar-refractivity contribution in [1.82, 2.24) is 0 Å². The van der Waals surface area contributed by atoms with E-state index in [-0.39, 0.29) is 0 Å². The highest BCUT2D eigenvalue weighted by molar-refractivity contribution is 7.92. The maximum absolute atomic E-state index is 9.60. The van der Waals surface area contributed by atoms with Crippen LogP contribution in [0.5, 0.6) is 0 Å². The molecule has 96 valence electrons.